The maximum Gasteiger partial charge on any atom is 0.270 e. The lowest BCUT2D eigenvalue weighted by atomic mass is 10.2. The van der Waals surface area contributed by atoms with E-state index in [9.17, 15) is 4.79 Å². The SMILES string of the molecule is Cc1nc(-c2c[nH]c(C(=O)N(CCO)C3CC3)c2)cs1. The Balaban J connectivity index is 1.80. The largest absolute Gasteiger partial charge is 0.395 e. The van der Waals surface area contributed by atoms with Crippen molar-refractivity contribution in [3.05, 3.63) is 28.3 Å². The Kier molecular flexibility index (Phi) is 3.58. The van der Waals surface area contributed by atoms with E-state index in [2.05, 4.69) is 9.97 Å². The second-order valence-electron chi connectivity index (χ2n) is 5.01. The number of aliphatic hydroxyl groups is 1. The van der Waals surface area contributed by atoms with Crippen LogP contribution in [-0.4, -0.2) is 45.1 Å². The molecule has 6 heteroatoms. The van der Waals surface area contributed by atoms with Crippen LogP contribution in [-0.2, 0) is 0 Å². The number of hydrogen-bond acceptors (Lipinski definition) is 4. The van der Waals surface area contributed by atoms with Crippen molar-refractivity contribution in [1.29, 1.82) is 0 Å². The van der Waals surface area contributed by atoms with E-state index < -0.39 is 0 Å². The summed E-state index contributed by atoms with van der Waals surface area (Å²) in [6.07, 6.45) is 3.88. The molecule has 0 aliphatic heterocycles. The van der Waals surface area contributed by atoms with Crippen LogP contribution < -0.4 is 0 Å². The highest BCUT2D eigenvalue weighted by Gasteiger charge is 2.33. The topological polar surface area (TPSA) is 69.2 Å². The molecule has 0 saturated heterocycles. The average Bonchev–Trinajstić information content (AvgIpc) is 2.98. The minimum Gasteiger partial charge on any atom is -0.395 e. The van der Waals surface area contributed by atoms with Crippen LogP contribution in [0.4, 0.5) is 0 Å². The average molecular weight is 291 g/mol. The minimum atomic E-state index is -0.0419. The molecule has 5 nitrogen and oxygen atoms in total. The Morgan fingerprint density at radius 2 is 2.40 bits per heavy atom. The molecule has 3 rings (SSSR count). The second-order valence-corrected chi connectivity index (χ2v) is 6.07. The normalized spacial score (nSPS) is 14.5. The molecule has 1 amide bonds. The Bertz CT molecular complexity index is 615. The predicted octanol–water partition coefficient (Wildman–Crippen LogP) is 2.04. The number of aromatic amines is 1. The summed E-state index contributed by atoms with van der Waals surface area (Å²) in [6.45, 7) is 2.36. The summed E-state index contributed by atoms with van der Waals surface area (Å²) in [5.74, 6) is -0.0419. The molecule has 0 atom stereocenters. The van der Waals surface area contributed by atoms with Crippen LogP contribution in [0, 0.1) is 6.92 Å². The van der Waals surface area contributed by atoms with E-state index in [1.807, 2.05) is 24.6 Å². The third-order valence-corrected chi connectivity index (χ3v) is 4.19. The zero-order chi connectivity index (χ0) is 14.1. The molecule has 106 valence electrons. The lowest BCUT2D eigenvalue weighted by Crippen LogP contribution is -2.35. The number of nitrogens with zero attached hydrogens (tertiary/aromatic N) is 2. The van der Waals surface area contributed by atoms with Crippen molar-refractivity contribution < 1.29 is 9.90 Å². The van der Waals surface area contributed by atoms with Crippen LogP contribution in [0.1, 0.15) is 28.3 Å². The maximum atomic E-state index is 12.4. The summed E-state index contributed by atoms with van der Waals surface area (Å²) in [7, 11) is 0. The quantitative estimate of drug-likeness (QED) is 0.885. The van der Waals surface area contributed by atoms with Crippen molar-refractivity contribution in [1.82, 2.24) is 14.9 Å². The van der Waals surface area contributed by atoms with Gasteiger partial charge < -0.3 is 15.0 Å². The first-order chi connectivity index (χ1) is 9.69. The van der Waals surface area contributed by atoms with Crippen molar-refractivity contribution >= 4 is 17.2 Å². The molecule has 0 radical (unpaired) electrons. The predicted molar refractivity (Wildman–Crippen MR) is 77.8 cm³/mol. The van der Waals surface area contributed by atoms with E-state index in [1.54, 1.807) is 16.2 Å². The fraction of sp³-hybridized carbons (Fsp3) is 0.429. The van der Waals surface area contributed by atoms with Gasteiger partial charge in [-0.1, -0.05) is 0 Å². The number of nitrogens with one attached hydrogen (secondary N) is 1. The van der Waals surface area contributed by atoms with Gasteiger partial charge in [-0.3, -0.25) is 4.79 Å². The van der Waals surface area contributed by atoms with E-state index in [4.69, 9.17) is 5.11 Å². The van der Waals surface area contributed by atoms with E-state index in [-0.39, 0.29) is 12.5 Å². The molecule has 2 heterocycles. The number of carbonyl (C=O) groups is 1. The summed E-state index contributed by atoms with van der Waals surface area (Å²) in [5.41, 5.74) is 2.38. The maximum absolute atomic E-state index is 12.4. The third kappa shape index (κ3) is 2.62. The molecule has 2 N–H and O–H groups in total. The minimum absolute atomic E-state index is 0.00108. The Morgan fingerprint density at radius 1 is 1.60 bits per heavy atom. The van der Waals surface area contributed by atoms with Gasteiger partial charge in [-0.25, -0.2) is 4.98 Å². The van der Waals surface area contributed by atoms with Gasteiger partial charge in [0, 0.05) is 29.7 Å². The van der Waals surface area contributed by atoms with Gasteiger partial charge in [0.25, 0.3) is 5.91 Å². The fourth-order valence-corrected chi connectivity index (χ4v) is 2.88. The molecule has 0 spiro atoms. The number of amides is 1. The molecule has 1 aliphatic rings. The molecule has 2 aromatic heterocycles. The van der Waals surface area contributed by atoms with Gasteiger partial charge in [0.1, 0.15) is 5.69 Å². The van der Waals surface area contributed by atoms with Gasteiger partial charge in [0.05, 0.1) is 17.3 Å². The van der Waals surface area contributed by atoms with Crippen molar-refractivity contribution in [3.63, 3.8) is 0 Å². The highest BCUT2D eigenvalue weighted by atomic mass is 32.1. The van der Waals surface area contributed by atoms with Crippen molar-refractivity contribution in [2.24, 2.45) is 0 Å². The monoisotopic (exact) mass is 291 g/mol. The highest BCUT2D eigenvalue weighted by molar-refractivity contribution is 7.09. The molecule has 0 aromatic carbocycles. The summed E-state index contributed by atoms with van der Waals surface area (Å²) in [4.78, 5) is 21.6. The molecule has 1 aliphatic carbocycles. The van der Waals surface area contributed by atoms with Crippen LogP contribution in [0.25, 0.3) is 11.3 Å². The summed E-state index contributed by atoms with van der Waals surface area (Å²) in [6, 6.07) is 2.13. The number of carbonyl (C=O) groups excluding carboxylic acids is 1. The van der Waals surface area contributed by atoms with Crippen LogP contribution >= 0.6 is 11.3 Å². The van der Waals surface area contributed by atoms with E-state index in [0.717, 1.165) is 29.1 Å². The molecular formula is C14H17N3O2S. The fourth-order valence-electron chi connectivity index (χ4n) is 2.26. The molecule has 2 aromatic rings. The molecule has 1 saturated carbocycles. The number of hydrogen-bond donors (Lipinski definition) is 2. The van der Waals surface area contributed by atoms with E-state index in [0.29, 0.717) is 18.3 Å². The summed E-state index contributed by atoms with van der Waals surface area (Å²) in [5, 5.41) is 12.1. The van der Waals surface area contributed by atoms with Crippen molar-refractivity contribution in [2.45, 2.75) is 25.8 Å². The van der Waals surface area contributed by atoms with Gasteiger partial charge in [0.2, 0.25) is 0 Å². The van der Waals surface area contributed by atoms with Gasteiger partial charge in [-0.05, 0) is 25.8 Å². The molecule has 20 heavy (non-hydrogen) atoms. The van der Waals surface area contributed by atoms with Crippen LogP contribution in [0.2, 0.25) is 0 Å². The van der Waals surface area contributed by atoms with Crippen LogP contribution in [0.5, 0.6) is 0 Å². The van der Waals surface area contributed by atoms with Crippen LogP contribution in [0.15, 0.2) is 17.6 Å². The molecule has 1 fully saturated rings. The summed E-state index contributed by atoms with van der Waals surface area (Å²) < 4.78 is 0. The van der Waals surface area contributed by atoms with Crippen molar-refractivity contribution in [2.75, 3.05) is 13.2 Å². The number of H-pyrrole nitrogens is 1. The van der Waals surface area contributed by atoms with Crippen molar-refractivity contribution in [3.8, 4) is 11.3 Å². The first-order valence-electron chi connectivity index (χ1n) is 6.72. The highest BCUT2D eigenvalue weighted by Crippen LogP contribution is 2.29. The van der Waals surface area contributed by atoms with E-state index >= 15 is 0 Å². The summed E-state index contributed by atoms with van der Waals surface area (Å²) >= 11 is 1.59. The first-order valence-corrected chi connectivity index (χ1v) is 7.59. The first kappa shape index (κ1) is 13.3. The number of aromatic nitrogens is 2. The number of rotatable bonds is 5. The lowest BCUT2D eigenvalue weighted by molar-refractivity contribution is 0.0702. The van der Waals surface area contributed by atoms with Gasteiger partial charge in [-0.15, -0.1) is 11.3 Å². The van der Waals surface area contributed by atoms with Gasteiger partial charge in [-0.2, -0.15) is 0 Å². The van der Waals surface area contributed by atoms with E-state index in [1.165, 1.54) is 0 Å². The third-order valence-electron chi connectivity index (χ3n) is 3.42. The smallest absolute Gasteiger partial charge is 0.270 e. The zero-order valence-corrected chi connectivity index (χ0v) is 12.1. The zero-order valence-electron chi connectivity index (χ0n) is 11.3. The van der Waals surface area contributed by atoms with Crippen LogP contribution in [0.3, 0.4) is 0 Å². The standard InChI is InChI=1S/C14H17N3O2S/c1-9-16-13(8-20-9)10-6-12(15-7-10)14(19)17(4-5-18)11-2-3-11/h6-8,11,15,18H,2-5H2,1H3. The number of aryl methyl sites for hydroxylation is 1. The molecule has 0 bridgehead atoms. The Morgan fingerprint density at radius 3 is 3.00 bits per heavy atom. The van der Waals surface area contributed by atoms with Gasteiger partial charge in [0.15, 0.2) is 0 Å². The Labute approximate surface area is 121 Å². The number of aliphatic hydroxyl groups excluding tert-OH is 1. The van der Waals surface area contributed by atoms with Gasteiger partial charge >= 0.3 is 0 Å². The molecule has 0 unspecified atom stereocenters. The molecular weight excluding hydrogens is 274 g/mol. The lowest BCUT2D eigenvalue weighted by Gasteiger charge is -2.20. The second kappa shape index (κ2) is 5.38. The Hall–Kier alpha value is -1.66. The number of thiazole rings is 1.